The molecule has 0 spiro atoms. The Morgan fingerprint density at radius 2 is 1.83 bits per heavy atom. The zero-order chi connectivity index (χ0) is 26.0. The number of aromatic nitrogens is 3. The number of carbonyl (C=O) groups is 1. The summed E-state index contributed by atoms with van der Waals surface area (Å²) in [6.45, 7) is 10.7. The number of alkyl carbamates (subject to hydrolysis) is 1. The summed E-state index contributed by atoms with van der Waals surface area (Å²) in [5.41, 5.74) is -1.40. The number of amides is 1. The van der Waals surface area contributed by atoms with Gasteiger partial charge in [0, 0.05) is 17.1 Å². The van der Waals surface area contributed by atoms with Crippen LogP contribution in [0.1, 0.15) is 53.5 Å². The summed E-state index contributed by atoms with van der Waals surface area (Å²) in [6.07, 6.45) is -1.90. The minimum Gasteiger partial charge on any atom is -0.491 e. The average molecular weight is 493 g/mol. The number of carbonyl (C=O) groups excluding carboxylic acids is 1. The normalized spacial score (nSPS) is 14.1. The maximum absolute atomic E-state index is 14.0. The van der Waals surface area contributed by atoms with Crippen molar-refractivity contribution in [1.82, 2.24) is 20.3 Å². The van der Waals surface area contributed by atoms with Gasteiger partial charge < -0.3 is 19.8 Å². The number of nitrogens with one attached hydrogen (secondary N) is 2. The number of H-pyrrole nitrogens is 1. The fraction of sp³-hybridized carbons (Fsp3) is 0.480. The van der Waals surface area contributed by atoms with E-state index in [0.29, 0.717) is 23.1 Å². The molecular weight excluding hydrogens is 461 g/mol. The minimum absolute atomic E-state index is 0.143. The number of nitrogens with zero attached hydrogens (tertiary/aromatic N) is 2. The third-order valence-corrected chi connectivity index (χ3v) is 5.12. The van der Waals surface area contributed by atoms with Crippen molar-refractivity contribution in [1.29, 1.82) is 0 Å². The monoisotopic (exact) mass is 492 g/mol. The number of fused-ring (bicyclic) bond motifs is 1. The first kappa shape index (κ1) is 26.3. The van der Waals surface area contributed by atoms with Gasteiger partial charge >= 0.3 is 12.3 Å². The molecule has 0 radical (unpaired) electrons. The molecule has 2 aromatic heterocycles. The van der Waals surface area contributed by atoms with Crippen molar-refractivity contribution in [2.75, 3.05) is 6.61 Å². The molecule has 0 fully saturated rings. The van der Waals surface area contributed by atoms with Crippen molar-refractivity contribution in [2.24, 2.45) is 5.92 Å². The summed E-state index contributed by atoms with van der Waals surface area (Å²) in [6, 6.07) is 5.54. The maximum Gasteiger partial charge on any atom is 0.419 e. The molecule has 0 aliphatic heterocycles. The van der Waals surface area contributed by atoms with E-state index in [1.54, 1.807) is 40.0 Å². The van der Waals surface area contributed by atoms with E-state index in [4.69, 9.17) is 9.47 Å². The molecule has 0 aliphatic rings. The fourth-order valence-electron chi connectivity index (χ4n) is 3.96. The molecule has 1 amide bonds. The van der Waals surface area contributed by atoms with Gasteiger partial charge in [-0.2, -0.15) is 13.2 Å². The van der Waals surface area contributed by atoms with E-state index in [0.717, 1.165) is 6.07 Å². The number of halogens is 3. The van der Waals surface area contributed by atoms with Crippen LogP contribution in [-0.4, -0.2) is 38.8 Å². The molecule has 10 heteroatoms. The van der Waals surface area contributed by atoms with Gasteiger partial charge in [0.25, 0.3) is 0 Å². The Hall–Kier alpha value is -3.30. The standard InChI is InChI=1S/C25H31F3N4O3/c1-15(2)12-24(6,32-22(33)35-23(3,4)5)13-34-19-8-7-16(11-18(19)25(26,27)28)20-17-9-10-29-21(17)31-14-30-20/h7-11,14-15H,12-13H2,1-6H3,(H,32,33)(H,29,30,31). The van der Waals surface area contributed by atoms with Crippen LogP contribution in [0, 0.1) is 5.92 Å². The Kier molecular flexibility index (Phi) is 7.33. The molecule has 0 bridgehead atoms. The van der Waals surface area contributed by atoms with Gasteiger partial charge in [-0.25, -0.2) is 14.8 Å². The van der Waals surface area contributed by atoms with Crippen LogP contribution < -0.4 is 10.1 Å². The number of benzene rings is 1. The summed E-state index contributed by atoms with van der Waals surface area (Å²) >= 11 is 0. The van der Waals surface area contributed by atoms with Crippen LogP contribution in [0.2, 0.25) is 0 Å². The number of rotatable bonds is 7. The first-order valence-electron chi connectivity index (χ1n) is 11.3. The van der Waals surface area contributed by atoms with Crippen LogP contribution in [0.3, 0.4) is 0 Å². The molecule has 2 heterocycles. The number of aromatic amines is 1. The second-order valence-corrected chi connectivity index (χ2v) is 10.2. The van der Waals surface area contributed by atoms with Gasteiger partial charge in [0.05, 0.1) is 16.8 Å². The highest BCUT2D eigenvalue weighted by atomic mass is 19.4. The molecule has 2 N–H and O–H groups in total. The SMILES string of the molecule is CC(C)CC(C)(COc1ccc(-c2ncnc3[nH]ccc23)cc1C(F)(F)F)NC(=O)OC(C)(C)C. The molecule has 1 atom stereocenters. The van der Waals surface area contributed by atoms with Crippen LogP contribution in [0.15, 0.2) is 36.8 Å². The molecule has 1 unspecified atom stereocenters. The zero-order valence-corrected chi connectivity index (χ0v) is 20.7. The molecule has 0 saturated heterocycles. The van der Waals surface area contributed by atoms with Gasteiger partial charge in [-0.1, -0.05) is 13.8 Å². The van der Waals surface area contributed by atoms with Crippen molar-refractivity contribution in [3.63, 3.8) is 0 Å². The molecule has 3 rings (SSSR count). The summed E-state index contributed by atoms with van der Waals surface area (Å²) in [7, 11) is 0. The molecular formula is C25H31F3N4O3. The molecule has 3 aromatic rings. The van der Waals surface area contributed by atoms with E-state index < -0.39 is 29.0 Å². The van der Waals surface area contributed by atoms with Gasteiger partial charge in [-0.3, -0.25) is 0 Å². The molecule has 0 saturated carbocycles. The number of hydrogen-bond acceptors (Lipinski definition) is 5. The Balaban J connectivity index is 1.90. The zero-order valence-electron chi connectivity index (χ0n) is 20.7. The summed E-state index contributed by atoms with van der Waals surface area (Å²) in [5.74, 6) is -0.189. The van der Waals surface area contributed by atoms with Crippen LogP contribution >= 0.6 is 0 Å². The quantitative estimate of drug-likeness (QED) is 0.401. The van der Waals surface area contributed by atoms with Gasteiger partial charge in [-0.15, -0.1) is 0 Å². The largest absolute Gasteiger partial charge is 0.491 e. The van der Waals surface area contributed by atoms with E-state index in [-0.39, 0.29) is 23.8 Å². The lowest BCUT2D eigenvalue weighted by Crippen LogP contribution is -2.52. The van der Waals surface area contributed by atoms with Crippen LogP contribution in [0.4, 0.5) is 18.0 Å². The molecule has 0 aliphatic carbocycles. The predicted molar refractivity (Wildman–Crippen MR) is 127 cm³/mol. The lowest BCUT2D eigenvalue weighted by molar-refractivity contribution is -0.139. The second-order valence-electron chi connectivity index (χ2n) is 10.2. The van der Waals surface area contributed by atoms with E-state index in [2.05, 4.69) is 20.3 Å². The van der Waals surface area contributed by atoms with Crippen LogP contribution in [0.25, 0.3) is 22.3 Å². The maximum atomic E-state index is 14.0. The number of alkyl halides is 3. The molecule has 190 valence electrons. The Bertz CT molecular complexity index is 1180. The first-order valence-corrected chi connectivity index (χ1v) is 11.3. The van der Waals surface area contributed by atoms with Crippen molar-refractivity contribution in [2.45, 2.75) is 65.3 Å². The third-order valence-electron chi connectivity index (χ3n) is 5.12. The van der Waals surface area contributed by atoms with Gasteiger partial charge in [0.2, 0.25) is 0 Å². The number of ether oxygens (including phenoxy) is 2. The van der Waals surface area contributed by atoms with Crippen molar-refractivity contribution < 1.29 is 27.4 Å². The van der Waals surface area contributed by atoms with Crippen LogP contribution in [0.5, 0.6) is 5.75 Å². The molecule has 35 heavy (non-hydrogen) atoms. The van der Waals surface area contributed by atoms with Crippen molar-refractivity contribution >= 4 is 17.1 Å². The highest BCUT2D eigenvalue weighted by Crippen LogP contribution is 2.39. The van der Waals surface area contributed by atoms with Gasteiger partial charge in [-0.05, 0) is 64.3 Å². The van der Waals surface area contributed by atoms with E-state index >= 15 is 0 Å². The highest BCUT2D eigenvalue weighted by Gasteiger charge is 2.37. The van der Waals surface area contributed by atoms with E-state index in [9.17, 15) is 18.0 Å². The van der Waals surface area contributed by atoms with E-state index in [1.165, 1.54) is 18.5 Å². The smallest absolute Gasteiger partial charge is 0.419 e. The Morgan fingerprint density at radius 3 is 2.46 bits per heavy atom. The predicted octanol–water partition coefficient (Wildman–Crippen LogP) is 6.35. The Morgan fingerprint density at radius 1 is 1.11 bits per heavy atom. The highest BCUT2D eigenvalue weighted by molar-refractivity contribution is 5.90. The fourth-order valence-corrected chi connectivity index (χ4v) is 3.96. The average Bonchev–Trinajstić information content (AvgIpc) is 3.18. The third kappa shape index (κ3) is 6.86. The summed E-state index contributed by atoms with van der Waals surface area (Å²) in [4.78, 5) is 23.6. The lowest BCUT2D eigenvalue weighted by atomic mass is 9.91. The first-order chi connectivity index (χ1) is 16.2. The summed E-state index contributed by atoms with van der Waals surface area (Å²) < 4.78 is 53.1. The van der Waals surface area contributed by atoms with Gasteiger partial charge in [0.1, 0.15) is 29.9 Å². The molecule has 7 nitrogen and oxygen atoms in total. The van der Waals surface area contributed by atoms with E-state index in [1.807, 2.05) is 13.8 Å². The molecule has 1 aromatic carbocycles. The minimum atomic E-state index is -4.66. The Labute approximate surface area is 202 Å². The number of hydrogen-bond donors (Lipinski definition) is 2. The van der Waals surface area contributed by atoms with Crippen LogP contribution in [-0.2, 0) is 10.9 Å². The topological polar surface area (TPSA) is 89.1 Å². The van der Waals surface area contributed by atoms with Crippen molar-refractivity contribution in [3.8, 4) is 17.0 Å². The van der Waals surface area contributed by atoms with Gasteiger partial charge in [0.15, 0.2) is 0 Å². The summed E-state index contributed by atoms with van der Waals surface area (Å²) in [5, 5.41) is 3.39. The second kappa shape index (κ2) is 9.75. The van der Waals surface area contributed by atoms with Crippen molar-refractivity contribution in [3.05, 3.63) is 42.4 Å². The lowest BCUT2D eigenvalue weighted by Gasteiger charge is -2.33.